The third-order valence-corrected chi connectivity index (χ3v) is 16.0. The normalized spacial score (nSPS) is 12.6. The van der Waals surface area contributed by atoms with Gasteiger partial charge >= 0.3 is 11.9 Å². The number of esters is 2. The average molecular weight is 1120 g/mol. The zero-order valence-electron chi connectivity index (χ0n) is 53.6. The zero-order chi connectivity index (χ0) is 57.6. The lowest BCUT2D eigenvalue weighted by Crippen LogP contribution is -2.28. The lowest BCUT2D eigenvalue weighted by Gasteiger charge is -2.15. The number of ether oxygens (including phenoxy) is 2. The van der Waals surface area contributed by atoms with Crippen LogP contribution in [0.3, 0.4) is 0 Å². The van der Waals surface area contributed by atoms with Gasteiger partial charge in [0.1, 0.15) is 6.61 Å². The molecule has 0 aromatic rings. The highest BCUT2D eigenvalue weighted by Crippen LogP contribution is 2.19. The first-order chi connectivity index (χ1) is 39.6. The van der Waals surface area contributed by atoms with Gasteiger partial charge in [0.25, 0.3) is 0 Å². The summed E-state index contributed by atoms with van der Waals surface area (Å²) in [5, 5.41) is 9.71. The smallest absolute Gasteiger partial charge is 0.306 e. The highest BCUT2D eigenvalue weighted by molar-refractivity contribution is 5.70. The molecule has 1 unspecified atom stereocenters. The van der Waals surface area contributed by atoms with E-state index in [2.05, 4.69) is 86.8 Å². The van der Waals surface area contributed by atoms with Crippen LogP contribution in [0.15, 0.2) is 72.9 Å². The van der Waals surface area contributed by atoms with Gasteiger partial charge in [-0.3, -0.25) is 9.59 Å². The molecule has 1 N–H and O–H groups in total. The Bertz CT molecular complexity index is 1400. The maximum absolute atomic E-state index is 12.4. The topological polar surface area (TPSA) is 72.8 Å². The van der Waals surface area contributed by atoms with Crippen molar-refractivity contribution >= 4 is 11.9 Å². The Balaban J connectivity index is 3.41. The van der Waals surface area contributed by atoms with Crippen molar-refractivity contribution in [1.29, 1.82) is 0 Å². The highest BCUT2D eigenvalue weighted by Gasteiger charge is 2.16. The molecule has 0 aliphatic rings. The van der Waals surface area contributed by atoms with Crippen LogP contribution >= 0.6 is 0 Å². The Morgan fingerprint density at radius 3 is 0.812 bits per heavy atom. The molecule has 1 atom stereocenters. The van der Waals surface area contributed by atoms with Crippen LogP contribution in [0.25, 0.3) is 0 Å². The van der Waals surface area contributed by atoms with E-state index in [1.54, 1.807) is 0 Å². The molecule has 0 bridgehead atoms. The summed E-state index contributed by atoms with van der Waals surface area (Å²) in [6.07, 6.45) is 98.0. The molecule has 0 fully saturated rings. The fourth-order valence-electron chi connectivity index (χ4n) is 10.7. The fourth-order valence-corrected chi connectivity index (χ4v) is 10.7. The summed E-state index contributed by atoms with van der Waals surface area (Å²) < 4.78 is 10.8. The van der Waals surface area contributed by atoms with Crippen molar-refractivity contribution in [2.75, 3.05) is 13.2 Å². The van der Waals surface area contributed by atoms with Gasteiger partial charge in [0.15, 0.2) is 6.10 Å². The summed E-state index contributed by atoms with van der Waals surface area (Å²) in [7, 11) is 0. The maximum Gasteiger partial charge on any atom is 0.306 e. The first-order valence-corrected chi connectivity index (χ1v) is 35.5. The van der Waals surface area contributed by atoms with Gasteiger partial charge in [0, 0.05) is 12.8 Å². The van der Waals surface area contributed by atoms with Crippen molar-refractivity contribution in [3.05, 3.63) is 72.9 Å². The van der Waals surface area contributed by atoms with Crippen molar-refractivity contribution in [2.45, 2.75) is 380 Å². The van der Waals surface area contributed by atoms with Gasteiger partial charge in [0.2, 0.25) is 0 Å². The maximum atomic E-state index is 12.4. The van der Waals surface area contributed by atoms with E-state index >= 15 is 0 Å². The molecule has 0 aliphatic heterocycles. The Kier molecular flexibility index (Phi) is 68.3. The van der Waals surface area contributed by atoms with Gasteiger partial charge in [-0.05, 0) is 64.2 Å². The van der Waals surface area contributed by atoms with Gasteiger partial charge in [-0.15, -0.1) is 0 Å². The predicted octanol–water partition coefficient (Wildman–Crippen LogP) is 24.7. The van der Waals surface area contributed by atoms with E-state index in [1.807, 2.05) is 0 Å². The van der Waals surface area contributed by atoms with Crippen molar-refractivity contribution < 1.29 is 24.2 Å². The molecule has 0 rings (SSSR count). The number of unbranched alkanes of at least 4 members (excludes halogenated alkanes) is 46. The van der Waals surface area contributed by atoms with E-state index in [0.29, 0.717) is 12.8 Å². The van der Waals surface area contributed by atoms with E-state index in [4.69, 9.17) is 9.47 Å². The van der Waals surface area contributed by atoms with E-state index < -0.39 is 6.10 Å². The summed E-state index contributed by atoms with van der Waals surface area (Å²) in [6.45, 7) is 4.08. The second-order valence-electron chi connectivity index (χ2n) is 23.9. The lowest BCUT2D eigenvalue weighted by atomic mass is 10.0. The number of aliphatic hydroxyl groups is 1. The summed E-state index contributed by atoms with van der Waals surface area (Å²) in [5.74, 6) is -0.569. The van der Waals surface area contributed by atoms with Gasteiger partial charge in [-0.25, -0.2) is 0 Å². The standard InChI is InChI=1S/C75H136O5/c1-3-5-7-9-11-13-15-17-19-21-23-25-27-29-31-33-34-35-36-37-38-39-40-42-44-46-48-50-52-54-56-58-60-62-64-66-68-70-75(78)80-73(71-76)72-79-74(77)69-67-65-63-61-59-57-55-53-51-49-47-45-43-41-32-30-28-26-24-22-20-18-16-14-12-10-8-6-4-2/h5,7,11,13,17,19,23,25,29,31,34-35,73,76H,3-4,6,8-10,12,14-16,18,20-22,24,26-28,30,32-33,36-72H2,1-2H3/b7-5-,13-11-,19-17-,25-23-,31-29-,35-34-. The molecule has 0 aromatic heterocycles. The first-order valence-electron chi connectivity index (χ1n) is 35.5. The van der Waals surface area contributed by atoms with Crippen molar-refractivity contribution in [1.82, 2.24) is 0 Å². The van der Waals surface area contributed by atoms with E-state index in [-0.39, 0.29) is 25.2 Å². The molecular weight excluding hydrogens is 981 g/mol. The quantitative estimate of drug-likeness (QED) is 0.0373. The summed E-state index contributed by atoms with van der Waals surface area (Å²) in [4.78, 5) is 24.7. The second kappa shape index (κ2) is 70.6. The monoisotopic (exact) mass is 1120 g/mol. The van der Waals surface area contributed by atoms with E-state index in [1.165, 1.54) is 276 Å². The summed E-state index contributed by atoms with van der Waals surface area (Å²) >= 11 is 0. The van der Waals surface area contributed by atoms with Gasteiger partial charge in [0.05, 0.1) is 6.61 Å². The van der Waals surface area contributed by atoms with Crippen LogP contribution in [0.2, 0.25) is 0 Å². The lowest BCUT2D eigenvalue weighted by molar-refractivity contribution is -0.161. The highest BCUT2D eigenvalue weighted by atomic mass is 16.6. The minimum Gasteiger partial charge on any atom is -0.462 e. The van der Waals surface area contributed by atoms with Gasteiger partial charge < -0.3 is 14.6 Å². The van der Waals surface area contributed by atoms with Crippen LogP contribution in [0.1, 0.15) is 373 Å². The molecule has 0 heterocycles. The Morgan fingerprint density at radius 1 is 0.300 bits per heavy atom. The minimum absolute atomic E-state index is 0.0611. The summed E-state index contributed by atoms with van der Waals surface area (Å²) in [6, 6.07) is 0. The van der Waals surface area contributed by atoms with Crippen LogP contribution < -0.4 is 0 Å². The third kappa shape index (κ3) is 67.8. The molecule has 0 radical (unpaired) electrons. The first kappa shape index (κ1) is 77.3. The molecule has 0 amide bonds. The van der Waals surface area contributed by atoms with Crippen LogP contribution in [0.5, 0.6) is 0 Å². The SMILES string of the molecule is CC/C=C\C/C=C\C/C=C\C/C=C\C/C=C\C/C=C\CCCCCCCCCCCCCCCCCCCCC(=O)OC(CO)COC(=O)CCCCCCCCCCCCCCCCCCCCCCCCCCCCCCC. The molecule has 5 heteroatoms. The van der Waals surface area contributed by atoms with Crippen LogP contribution in [0.4, 0.5) is 0 Å². The Hall–Kier alpha value is -2.66. The zero-order valence-corrected chi connectivity index (χ0v) is 53.6. The average Bonchev–Trinajstić information content (AvgIpc) is 3.46. The number of rotatable bonds is 66. The minimum atomic E-state index is -0.772. The predicted molar refractivity (Wildman–Crippen MR) is 353 cm³/mol. The van der Waals surface area contributed by atoms with Crippen LogP contribution in [-0.4, -0.2) is 36.4 Å². The molecular formula is C75H136O5. The number of aliphatic hydroxyl groups excluding tert-OH is 1. The second-order valence-corrected chi connectivity index (χ2v) is 23.9. The van der Waals surface area contributed by atoms with Crippen molar-refractivity contribution in [2.24, 2.45) is 0 Å². The van der Waals surface area contributed by atoms with E-state index in [9.17, 15) is 14.7 Å². The third-order valence-electron chi connectivity index (χ3n) is 16.0. The molecule has 0 aliphatic carbocycles. The van der Waals surface area contributed by atoms with Crippen LogP contribution in [-0.2, 0) is 19.1 Å². The molecule has 466 valence electrons. The van der Waals surface area contributed by atoms with Crippen molar-refractivity contribution in [3.8, 4) is 0 Å². The molecule has 0 spiro atoms. The fraction of sp³-hybridized carbons (Fsp3) is 0.813. The summed E-state index contributed by atoms with van der Waals surface area (Å²) in [5.41, 5.74) is 0. The number of carbonyl (C=O) groups is 2. The Morgan fingerprint density at radius 2 is 0.537 bits per heavy atom. The Labute approximate surface area is 499 Å². The van der Waals surface area contributed by atoms with Crippen molar-refractivity contribution in [3.63, 3.8) is 0 Å². The molecule has 0 saturated carbocycles. The molecule has 0 aromatic carbocycles. The van der Waals surface area contributed by atoms with Gasteiger partial charge in [-0.2, -0.15) is 0 Å². The van der Waals surface area contributed by atoms with Gasteiger partial charge in [-0.1, -0.05) is 369 Å². The number of allylic oxidation sites excluding steroid dienone is 12. The van der Waals surface area contributed by atoms with E-state index in [0.717, 1.165) is 70.6 Å². The van der Waals surface area contributed by atoms with Crippen LogP contribution in [0, 0.1) is 0 Å². The number of hydrogen-bond donors (Lipinski definition) is 1. The largest absolute Gasteiger partial charge is 0.462 e. The number of carbonyl (C=O) groups excluding carboxylic acids is 2. The molecule has 5 nitrogen and oxygen atoms in total. The molecule has 0 saturated heterocycles. The molecule has 80 heavy (non-hydrogen) atoms. The number of hydrogen-bond acceptors (Lipinski definition) is 5.